The summed E-state index contributed by atoms with van der Waals surface area (Å²) in [6.45, 7) is 12.8. The van der Waals surface area contributed by atoms with Gasteiger partial charge < -0.3 is 10.2 Å². The fraction of sp³-hybridized carbons (Fsp3) is 0.933. The van der Waals surface area contributed by atoms with Crippen molar-refractivity contribution in [1.82, 2.24) is 10.2 Å². The van der Waals surface area contributed by atoms with Gasteiger partial charge >= 0.3 is 0 Å². The van der Waals surface area contributed by atoms with Crippen molar-refractivity contribution in [1.29, 1.82) is 0 Å². The first-order valence-electron chi connectivity index (χ1n) is 7.15. The summed E-state index contributed by atoms with van der Waals surface area (Å²) in [5.41, 5.74) is 0.428. The van der Waals surface area contributed by atoms with Crippen molar-refractivity contribution in [3.63, 3.8) is 0 Å². The first-order valence-corrected chi connectivity index (χ1v) is 7.15. The first kappa shape index (κ1) is 15.5. The van der Waals surface area contributed by atoms with Crippen LogP contribution in [0.5, 0.6) is 0 Å². The van der Waals surface area contributed by atoms with Crippen LogP contribution in [0.25, 0.3) is 0 Å². The van der Waals surface area contributed by atoms with E-state index in [1.807, 2.05) is 11.9 Å². The highest BCUT2D eigenvalue weighted by atomic mass is 16.2. The lowest BCUT2D eigenvalue weighted by molar-refractivity contribution is -0.134. The molecule has 0 radical (unpaired) electrons. The highest BCUT2D eigenvalue weighted by Crippen LogP contribution is 2.29. The summed E-state index contributed by atoms with van der Waals surface area (Å²) in [5, 5.41) is 3.37. The summed E-state index contributed by atoms with van der Waals surface area (Å²) in [4.78, 5) is 14.3. The summed E-state index contributed by atoms with van der Waals surface area (Å²) >= 11 is 0. The van der Waals surface area contributed by atoms with Crippen LogP contribution in [0.15, 0.2) is 0 Å². The molecule has 1 heterocycles. The average Bonchev–Trinajstić information content (AvgIpc) is 2.28. The lowest BCUT2D eigenvalue weighted by Gasteiger charge is -2.40. The molecule has 3 heteroatoms. The van der Waals surface area contributed by atoms with Crippen LogP contribution in [0.2, 0.25) is 0 Å². The third-order valence-corrected chi connectivity index (χ3v) is 4.78. The monoisotopic (exact) mass is 254 g/mol. The zero-order valence-corrected chi connectivity index (χ0v) is 13.0. The van der Waals surface area contributed by atoms with Crippen LogP contribution in [0, 0.1) is 11.3 Å². The van der Waals surface area contributed by atoms with Crippen LogP contribution >= 0.6 is 0 Å². The molecule has 1 saturated heterocycles. The Morgan fingerprint density at radius 2 is 1.83 bits per heavy atom. The Hall–Kier alpha value is -0.570. The number of nitrogens with one attached hydrogen (secondary N) is 1. The number of hydrogen-bond acceptors (Lipinski definition) is 2. The molecule has 0 aromatic carbocycles. The molecule has 3 nitrogen and oxygen atoms in total. The van der Waals surface area contributed by atoms with Crippen molar-refractivity contribution in [2.45, 2.75) is 59.4 Å². The van der Waals surface area contributed by atoms with E-state index in [9.17, 15) is 4.79 Å². The van der Waals surface area contributed by atoms with Crippen LogP contribution in [0.3, 0.4) is 0 Å². The number of nitrogens with zero attached hydrogens (tertiary/aromatic N) is 1. The van der Waals surface area contributed by atoms with Gasteiger partial charge in [0.2, 0.25) is 5.91 Å². The summed E-state index contributed by atoms with van der Waals surface area (Å²) in [7, 11) is 2.01. The minimum Gasteiger partial charge on any atom is -0.343 e. The Kier molecular flexibility index (Phi) is 4.82. The van der Waals surface area contributed by atoms with E-state index in [0.29, 0.717) is 18.2 Å². The standard InChI is InChI=1S/C15H30N2O/c1-12(14(2,3)4)11-13(18)17-9-7-15(5,16-6)8-10-17/h12,16H,7-11H2,1-6H3. The minimum absolute atomic E-state index is 0.213. The maximum Gasteiger partial charge on any atom is 0.222 e. The molecule has 0 spiro atoms. The third-order valence-electron chi connectivity index (χ3n) is 4.78. The van der Waals surface area contributed by atoms with Crippen LogP contribution in [-0.4, -0.2) is 36.5 Å². The summed E-state index contributed by atoms with van der Waals surface area (Å²) in [6.07, 6.45) is 2.79. The van der Waals surface area contributed by atoms with Gasteiger partial charge in [-0.25, -0.2) is 0 Å². The second-order valence-electron chi connectivity index (χ2n) is 7.16. The van der Waals surface area contributed by atoms with Crippen molar-refractivity contribution in [3.8, 4) is 0 Å². The largest absolute Gasteiger partial charge is 0.343 e. The van der Waals surface area contributed by atoms with Crippen molar-refractivity contribution in [2.24, 2.45) is 11.3 Å². The fourth-order valence-electron chi connectivity index (χ4n) is 2.20. The Bertz CT molecular complexity index is 285. The molecule has 1 unspecified atom stereocenters. The normalized spacial score (nSPS) is 21.8. The van der Waals surface area contributed by atoms with Gasteiger partial charge in [0.15, 0.2) is 0 Å². The number of carbonyl (C=O) groups excluding carboxylic acids is 1. The predicted octanol–water partition coefficient (Wildman–Crippen LogP) is 2.66. The number of piperidine rings is 1. The van der Waals surface area contributed by atoms with Crippen LogP contribution in [-0.2, 0) is 4.79 Å². The molecule has 1 rings (SSSR count). The molecule has 1 aliphatic heterocycles. The molecule has 0 aromatic heterocycles. The van der Waals surface area contributed by atoms with Gasteiger partial charge in [-0.2, -0.15) is 0 Å². The Morgan fingerprint density at radius 3 is 2.22 bits per heavy atom. The predicted molar refractivity (Wildman–Crippen MR) is 76.5 cm³/mol. The van der Waals surface area contributed by atoms with Crippen LogP contribution in [0.1, 0.15) is 53.9 Å². The van der Waals surface area contributed by atoms with E-state index in [1.165, 1.54) is 0 Å². The zero-order valence-electron chi connectivity index (χ0n) is 13.0. The number of amides is 1. The third kappa shape index (κ3) is 3.98. The molecule has 1 atom stereocenters. The first-order chi connectivity index (χ1) is 8.18. The Morgan fingerprint density at radius 1 is 1.33 bits per heavy atom. The number of likely N-dealkylation sites (tertiary alicyclic amines) is 1. The summed E-state index contributed by atoms with van der Waals surface area (Å²) < 4.78 is 0. The van der Waals surface area contributed by atoms with E-state index >= 15 is 0 Å². The average molecular weight is 254 g/mol. The Labute approximate surface area is 112 Å². The molecule has 0 bridgehead atoms. The van der Waals surface area contributed by atoms with Gasteiger partial charge in [0, 0.05) is 25.0 Å². The summed E-state index contributed by atoms with van der Waals surface area (Å²) in [5.74, 6) is 0.762. The van der Waals surface area contributed by atoms with E-state index in [4.69, 9.17) is 0 Å². The van der Waals surface area contributed by atoms with Crippen molar-refractivity contribution < 1.29 is 4.79 Å². The molecule has 1 N–H and O–H groups in total. The van der Waals surface area contributed by atoms with E-state index in [2.05, 4.69) is 39.9 Å². The molecule has 18 heavy (non-hydrogen) atoms. The van der Waals surface area contributed by atoms with E-state index in [1.54, 1.807) is 0 Å². The van der Waals surface area contributed by atoms with E-state index < -0.39 is 0 Å². The molecule has 1 fully saturated rings. The van der Waals surface area contributed by atoms with E-state index in [-0.39, 0.29) is 11.0 Å². The fourth-order valence-corrected chi connectivity index (χ4v) is 2.20. The number of carbonyl (C=O) groups is 1. The van der Waals surface area contributed by atoms with Gasteiger partial charge in [-0.05, 0) is 38.1 Å². The Balaban J connectivity index is 2.46. The van der Waals surface area contributed by atoms with Crippen molar-refractivity contribution in [3.05, 3.63) is 0 Å². The van der Waals surface area contributed by atoms with Crippen LogP contribution in [0.4, 0.5) is 0 Å². The van der Waals surface area contributed by atoms with Crippen LogP contribution < -0.4 is 5.32 Å². The number of hydrogen-bond donors (Lipinski definition) is 1. The maximum atomic E-state index is 12.3. The lowest BCUT2D eigenvalue weighted by Crippen LogP contribution is -2.51. The van der Waals surface area contributed by atoms with Gasteiger partial charge in [0.1, 0.15) is 0 Å². The second kappa shape index (κ2) is 5.60. The smallest absolute Gasteiger partial charge is 0.222 e. The highest BCUT2D eigenvalue weighted by molar-refractivity contribution is 5.76. The van der Waals surface area contributed by atoms with Gasteiger partial charge in [0.25, 0.3) is 0 Å². The topological polar surface area (TPSA) is 32.3 Å². The molecule has 0 aliphatic carbocycles. The lowest BCUT2D eigenvalue weighted by atomic mass is 9.79. The number of rotatable bonds is 3. The zero-order chi connectivity index (χ0) is 14.0. The molecule has 106 valence electrons. The van der Waals surface area contributed by atoms with Gasteiger partial charge in [0.05, 0.1) is 0 Å². The minimum atomic E-state index is 0.213. The maximum absolute atomic E-state index is 12.3. The highest BCUT2D eigenvalue weighted by Gasteiger charge is 2.31. The SMILES string of the molecule is CNC1(C)CCN(C(=O)CC(C)C(C)(C)C)CC1. The molecule has 0 aromatic rings. The van der Waals surface area contributed by atoms with Crippen molar-refractivity contribution in [2.75, 3.05) is 20.1 Å². The van der Waals surface area contributed by atoms with E-state index in [0.717, 1.165) is 25.9 Å². The summed E-state index contributed by atoms with van der Waals surface area (Å²) in [6, 6.07) is 0. The molecular formula is C15H30N2O. The molecule has 0 saturated carbocycles. The quantitative estimate of drug-likeness (QED) is 0.840. The van der Waals surface area contributed by atoms with Crippen molar-refractivity contribution >= 4 is 5.91 Å². The second-order valence-corrected chi connectivity index (χ2v) is 7.16. The molecule has 1 amide bonds. The van der Waals surface area contributed by atoms with Gasteiger partial charge in [-0.15, -0.1) is 0 Å². The molecule has 1 aliphatic rings. The van der Waals surface area contributed by atoms with Gasteiger partial charge in [-0.3, -0.25) is 4.79 Å². The molecular weight excluding hydrogens is 224 g/mol. The van der Waals surface area contributed by atoms with Gasteiger partial charge in [-0.1, -0.05) is 27.7 Å².